The van der Waals surface area contributed by atoms with Crippen LogP contribution in [0.1, 0.15) is 42.7 Å². The average Bonchev–Trinajstić information content (AvgIpc) is 2.99. The van der Waals surface area contributed by atoms with E-state index >= 15 is 0 Å². The van der Waals surface area contributed by atoms with Gasteiger partial charge in [-0.3, -0.25) is 0 Å². The monoisotopic (exact) mass is 263 g/mol. The van der Waals surface area contributed by atoms with Crippen LogP contribution in [0.25, 0.3) is 9.75 Å². The second-order valence-electron chi connectivity index (χ2n) is 4.60. The maximum absolute atomic E-state index is 5.55. The lowest BCUT2D eigenvalue weighted by Gasteiger charge is -2.10. The Bertz CT molecular complexity index is 458. The highest BCUT2D eigenvalue weighted by Gasteiger charge is 2.30. The van der Waals surface area contributed by atoms with E-state index in [2.05, 4.69) is 22.9 Å². The Labute approximate surface area is 110 Å². The molecule has 0 saturated carbocycles. The van der Waals surface area contributed by atoms with Crippen molar-refractivity contribution >= 4 is 22.7 Å². The van der Waals surface area contributed by atoms with Gasteiger partial charge in [0.05, 0.1) is 0 Å². The number of rotatable bonds is 5. The van der Waals surface area contributed by atoms with Crippen molar-refractivity contribution in [3.63, 3.8) is 0 Å². The highest BCUT2D eigenvalue weighted by molar-refractivity contribution is 7.20. The SMILES string of the molecule is NCCCCCC1c2ccsc2-c2sccc21. The van der Waals surface area contributed by atoms with Crippen molar-refractivity contribution in [2.24, 2.45) is 5.73 Å². The van der Waals surface area contributed by atoms with Crippen LogP contribution in [-0.4, -0.2) is 6.54 Å². The van der Waals surface area contributed by atoms with E-state index in [0.717, 1.165) is 6.54 Å². The Morgan fingerprint density at radius 2 is 1.59 bits per heavy atom. The van der Waals surface area contributed by atoms with E-state index < -0.39 is 0 Å². The highest BCUT2D eigenvalue weighted by Crippen LogP contribution is 2.51. The van der Waals surface area contributed by atoms with Crippen molar-refractivity contribution in [1.82, 2.24) is 0 Å². The molecule has 0 radical (unpaired) electrons. The van der Waals surface area contributed by atoms with Crippen LogP contribution in [0, 0.1) is 0 Å². The molecule has 3 rings (SSSR count). The van der Waals surface area contributed by atoms with Crippen molar-refractivity contribution in [3.05, 3.63) is 34.0 Å². The maximum Gasteiger partial charge on any atom is 0.0483 e. The third-order valence-corrected chi connectivity index (χ3v) is 5.57. The zero-order valence-corrected chi connectivity index (χ0v) is 11.4. The van der Waals surface area contributed by atoms with E-state index in [-0.39, 0.29) is 0 Å². The fourth-order valence-electron chi connectivity index (χ4n) is 2.70. The molecule has 2 aromatic heterocycles. The smallest absolute Gasteiger partial charge is 0.0483 e. The number of hydrogen-bond acceptors (Lipinski definition) is 3. The summed E-state index contributed by atoms with van der Waals surface area (Å²) in [6.07, 6.45) is 5.02. The first kappa shape index (κ1) is 11.5. The van der Waals surface area contributed by atoms with Gasteiger partial charge in [-0.1, -0.05) is 12.8 Å². The van der Waals surface area contributed by atoms with Crippen LogP contribution in [0.5, 0.6) is 0 Å². The third-order valence-electron chi connectivity index (χ3n) is 3.55. The predicted molar refractivity (Wildman–Crippen MR) is 77.0 cm³/mol. The summed E-state index contributed by atoms with van der Waals surface area (Å²) in [5.41, 5.74) is 8.69. The predicted octanol–water partition coefficient (Wildman–Crippen LogP) is 4.44. The summed E-state index contributed by atoms with van der Waals surface area (Å²) >= 11 is 3.79. The molecule has 2 N–H and O–H groups in total. The van der Waals surface area contributed by atoms with Gasteiger partial charge < -0.3 is 5.73 Å². The Kier molecular flexibility index (Phi) is 3.32. The van der Waals surface area contributed by atoms with Gasteiger partial charge in [0.2, 0.25) is 0 Å². The van der Waals surface area contributed by atoms with Gasteiger partial charge in [-0.25, -0.2) is 0 Å². The van der Waals surface area contributed by atoms with Crippen LogP contribution in [0.2, 0.25) is 0 Å². The Hall–Kier alpha value is -0.640. The van der Waals surface area contributed by atoms with Gasteiger partial charge in [-0.05, 0) is 53.4 Å². The van der Waals surface area contributed by atoms with Gasteiger partial charge in [0.1, 0.15) is 0 Å². The van der Waals surface area contributed by atoms with E-state index in [0.29, 0.717) is 5.92 Å². The third kappa shape index (κ3) is 1.96. The second-order valence-corrected chi connectivity index (χ2v) is 6.43. The van der Waals surface area contributed by atoms with Crippen LogP contribution in [0.3, 0.4) is 0 Å². The minimum absolute atomic E-state index is 0.662. The number of hydrogen-bond donors (Lipinski definition) is 1. The molecule has 0 atom stereocenters. The number of thiophene rings is 2. The molecule has 0 amide bonds. The first-order chi connectivity index (χ1) is 8.42. The van der Waals surface area contributed by atoms with E-state index in [4.69, 9.17) is 5.73 Å². The van der Waals surface area contributed by atoms with Gasteiger partial charge in [0.25, 0.3) is 0 Å². The van der Waals surface area contributed by atoms with Crippen LogP contribution < -0.4 is 5.73 Å². The summed E-state index contributed by atoms with van der Waals surface area (Å²) in [6, 6.07) is 4.64. The lowest BCUT2D eigenvalue weighted by molar-refractivity contribution is 0.613. The summed E-state index contributed by atoms with van der Waals surface area (Å²) in [5.74, 6) is 0.662. The standard InChI is InChI=1S/C14H17NS2/c15-7-3-1-2-4-10-11-5-8-16-13(11)14-12(10)6-9-17-14/h5-6,8-10H,1-4,7,15H2. The fourth-order valence-corrected chi connectivity index (χ4v) is 4.84. The van der Waals surface area contributed by atoms with Gasteiger partial charge in [0.15, 0.2) is 0 Å². The Morgan fingerprint density at radius 3 is 2.18 bits per heavy atom. The van der Waals surface area contributed by atoms with Crippen LogP contribution in [0.15, 0.2) is 22.9 Å². The van der Waals surface area contributed by atoms with E-state index in [1.54, 1.807) is 11.1 Å². The van der Waals surface area contributed by atoms with Crippen molar-refractivity contribution < 1.29 is 0 Å². The summed E-state index contributed by atoms with van der Waals surface area (Å²) in [5, 5.41) is 4.47. The van der Waals surface area contributed by atoms with Crippen LogP contribution >= 0.6 is 22.7 Å². The molecule has 1 nitrogen and oxygen atoms in total. The molecule has 0 fully saturated rings. The molecule has 0 unspecified atom stereocenters. The summed E-state index contributed by atoms with van der Waals surface area (Å²) < 4.78 is 0. The zero-order chi connectivity index (χ0) is 11.7. The molecular formula is C14H17NS2. The second kappa shape index (κ2) is 4.92. The minimum Gasteiger partial charge on any atom is -0.330 e. The topological polar surface area (TPSA) is 26.0 Å². The largest absolute Gasteiger partial charge is 0.330 e. The lowest BCUT2D eigenvalue weighted by Crippen LogP contribution is -1.99. The molecule has 2 aromatic rings. The quantitative estimate of drug-likeness (QED) is 0.793. The van der Waals surface area contributed by atoms with Crippen molar-refractivity contribution in [2.45, 2.75) is 31.6 Å². The first-order valence-electron chi connectivity index (χ1n) is 6.27. The van der Waals surface area contributed by atoms with Crippen LogP contribution in [0.4, 0.5) is 0 Å². The molecule has 0 spiro atoms. The minimum atomic E-state index is 0.662. The molecule has 0 aromatic carbocycles. The van der Waals surface area contributed by atoms with E-state index in [9.17, 15) is 0 Å². The van der Waals surface area contributed by atoms with Crippen molar-refractivity contribution in [2.75, 3.05) is 6.54 Å². The normalized spacial score (nSPS) is 13.9. The molecule has 2 heterocycles. The van der Waals surface area contributed by atoms with Gasteiger partial charge in [-0.15, -0.1) is 22.7 Å². The summed E-state index contributed by atoms with van der Waals surface area (Å²) in [6.45, 7) is 0.831. The molecule has 0 saturated heterocycles. The van der Waals surface area contributed by atoms with Gasteiger partial charge >= 0.3 is 0 Å². The molecule has 0 aliphatic heterocycles. The molecule has 3 heteroatoms. The Morgan fingerprint density at radius 1 is 0.941 bits per heavy atom. The maximum atomic E-state index is 5.55. The summed E-state index contributed by atoms with van der Waals surface area (Å²) in [7, 11) is 0. The molecule has 0 bridgehead atoms. The molecule has 1 aliphatic rings. The molecular weight excluding hydrogens is 246 g/mol. The summed E-state index contributed by atoms with van der Waals surface area (Å²) in [4.78, 5) is 3.05. The number of fused-ring (bicyclic) bond motifs is 3. The fraction of sp³-hybridized carbons (Fsp3) is 0.429. The highest BCUT2D eigenvalue weighted by atomic mass is 32.1. The zero-order valence-electron chi connectivity index (χ0n) is 9.82. The number of unbranched alkanes of at least 4 members (excludes halogenated alkanes) is 2. The van der Waals surface area contributed by atoms with Gasteiger partial charge in [-0.2, -0.15) is 0 Å². The molecule has 90 valence electrons. The first-order valence-corrected chi connectivity index (χ1v) is 8.03. The average molecular weight is 263 g/mol. The Balaban J connectivity index is 1.77. The van der Waals surface area contributed by atoms with Crippen LogP contribution in [-0.2, 0) is 0 Å². The van der Waals surface area contributed by atoms with Crippen molar-refractivity contribution in [1.29, 1.82) is 0 Å². The van der Waals surface area contributed by atoms with Crippen molar-refractivity contribution in [3.8, 4) is 9.75 Å². The van der Waals surface area contributed by atoms with E-state index in [1.807, 2.05) is 22.7 Å². The molecule has 1 aliphatic carbocycles. The lowest BCUT2D eigenvalue weighted by atomic mass is 9.93. The number of nitrogens with two attached hydrogens (primary N) is 1. The van der Waals surface area contributed by atoms with E-state index in [1.165, 1.54) is 35.4 Å². The van der Waals surface area contributed by atoms with Gasteiger partial charge in [0, 0.05) is 15.7 Å². The molecule has 17 heavy (non-hydrogen) atoms.